The number of carboxylic acid groups (broad SMARTS) is 1. The smallest absolute Gasteiger partial charge is 0.337 e. The van der Waals surface area contributed by atoms with E-state index in [2.05, 4.69) is 17.1 Å². The fraction of sp³-hybridized carbons (Fsp3) is 0.333. The molecule has 1 saturated heterocycles. The number of hydrogen-bond donors (Lipinski definition) is 2. The van der Waals surface area contributed by atoms with E-state index in [1.54, 1.807) is 43.5 Å². The van der Waals surface area contributed by atoms with Crippen molar-refractivity contribution in [3.8, 4) is 5.75 Å². The van der Waals surface area contributed by atoms with E-state index >= 15 is 0 Å². The average Bonchev–Trinajstić information content (AvgIpc) is 2.68. The first-order valence-corrected chi connectivity index (χ1v) is 9.05. The first-order chi connectivity index (χ1) is 13.0. The number of ether oxygens (including phenoxy) is 1. The predicted molar refractivity (Wildman–Crippen MR) is 105 cm³/mol. The van der Waals surface area contributed by atoms with Crippen molar-refractivity contribution in [2.24, 2.45) is 5.92 Å². The van der Waals surface area contributed by atoms with Crippen LogP contribution in [0.25, 0.3) is 0 Å². The van der Waals surface area contributed by atoms with Crippen LogP contribution in [0.15, 0.2) is 42.5 Å². The zero-order valence-electron chi connectivity index (χ0n) is 15.6. The number of amides is 1. The van der Waals surface area contributed by atoms with E-state index < -0.39 is 5.97 Å². The van der Waals surface area contributed by atoms with Gasteiger partial charge in [0.2, 0.25) is 0 Å². The van der Waals surface area contributed by atoms with Gasteiger partial charge in [-0.25, -0.2) is 4.79 Å². The van der Waals surface area contributed by atoms with Gasteiger partial charge in [-0.15, -0.1) is 0 Å². The molecule has 6 heteroatoms. The molecule has 27 heavy (non-hydrogen) atoms. The Hall–Kier alpha value is -3.02. The maximum atomic E-state index is 12.4. The second-order valence-electron chi connectivity index (χ2n) is 6.91. The van der Waals surface area contributed by atoms with Crippen molar-refractivity contribution in [1.29, 1.82) is 0 Å². The number of piperidine rings is 1. The van der Waals surface area contributed by atoms with Gasteiger partial charge in [0.15, 0.2) is 0 Å². The van der Waals surface area contributed by atoms with E-state index in [9.17, 15) is 14.7 Å². The van der Waals surface area contributed by atoms with Gasteiger partial charge in [0.1, 0.15) is 5.75 Å². The molecule has 1 atom stereocenters. The molecule has 0 bridgehead atoms. The van der Waals surface area contributed by atoms with E-state index in [1.807, 2.05) is 0 Å². The Morgan fingerprint density at radius 3 is 2.56 bits per heavy atom. The lowest BCUT2D eigenvalue weighted by Crippen LogP contribution is -2.35. The highest BCUT2D eigenvalue weighted by Gasteiger charge is 2.22. The molecule has 1 aliphatic rings. The second-order valence-corrected chi connectivity index (χ2v) is 6.91. The Kier molecular flexibility index (Phi) is 5.64. The Balaban J connectivity index is 1.80. The second kappa shape index (κ2) is 8.12. The standard InChI is InChI=1S/C21H24N2O4/c1-14-4-3-11-23(13-14)19-10-7-16(12-18(19)21(25)26)22-20(24)15-5-8-17(27-2)9-6-15/h5-10,12,14H,3-4,11,13H2,1-2H3,(H,22,24)(H,25,26). The molecule has 1 heterocycles. The molecule has 0 aliphatic carbocycles. The van der Waals surface area contributed by atoms with Crippen molar-refractivity contribution in [2.45, 2.75) is 19.8 Å². The molecule has 0 spiro atoms. The third kappa shape index (κ3) is 4.39. The molecule has 0 aromatic heterocycles. The molecule has 0 radical (unpaired) electrons. The van der Waals surface area contributed by atoms with Gasteiger partial charge in [-0.1, -0.05) is 6.92 Å². The molecule has 2 N–H and O–H groups in total. The van der Waals surface area contributed by atoms with Crippen LogP contribution in [0.1, 0.15) is 40.5 Å². The molecule has 2 aromatic rings. The third-order valence-corrected chi connectivity index (χ3v) is 4.83. The summed E-state index contributed by atoms with van der Waals surface area (Å²) < 4.78 is 5.09. The lowest BCUT2D eigenvalue weighted by atomic mass is 9.98. The Morgan fingerprint density at radius 2 is 1.93 bits per heavy atom. The molecule has 0 saturated carbocycles. The van der Waals surface area contributed by atoms with E-state index in [0.29, 0.717) is 28.6 Å². The van der Waals surface area contributed by atoms with E-state index in [4.69, 9.17) is 4.74 Å². The minimum absolute atomic E-state index is 0.205. The van der Waals surface area contributed by atoms with Gasteiger partial charge in [-0.2, -0.15) is 0 Å². The Morgan fingerprint density at radius 1 is 1.19 bits per heavy atom. The number of anilines is 2. The summed E-state index contributed by atoms with van der Waals surface area (Å²) in [5.74, 6) is -0.0909. The van der Waals surface area contributed by atoms with Crippen molar-refractivity contribution in [3.05, 3.63) is 53.6 Å². The van der Waals surface area contributed by atoms with Crippen molar-refractivity contribution >= 4 is 23.3 Å². The van der Waals surface area contributed by atoms with E-state index in [1.165, 1.54) is 6.07 Å². The van der Waals surface area contributed by atoms with E-state index in [-0.39, 0.29) is 11.5 Å². The number of aromatic carboxylic acids is 1. The van der Waals surface area contributed by atoms with Gasteiger partial charge < -0.3 is 20.1 Å². The van der Waals surface area contributed by atoms with E-state index in [0.717, 1.165) is 25.9 Å². The largest absolute Gasteiger partial charge is 0.497 e. The first kappa shape index (κ1) is 18.8. The van der Waals surface area contributed by atoms with Crippen LogP contribution in [0.4, 0.5) is 11.4 Å². The van der Waals surface area contributed by atoms with Gasteiger partial charge in [-0.3, -0.25) is 4.79 Å². The monoisotopic (exact) mass is 368 g/mol. The van der Waals surface area contributed by atoms with Crippen LogP contribution in [0.5, 0.6) is 5.75 Å². The number of carbonyl (C=O) groups is 2. The average molecular weight is 368 g/mol. The number of methoxy groups -OCH3 is 1. The summed E-state index contributed by atoms with van der Waals surface area (Å²) in [6, 6.07) is 11.8. The minimum Gasteiger partial charge on any atom is -0.497 e. The summed E-state index contributed by atoms with van der Waals surface area (Å²) in [5.41, 5.74) is 1.84. The number of carbonyl (C=O) groups excluding carboxylic acids is 1. The van der Waals surface area contributed by atoms with Crippen LogP contribution in [0.2, 0.25) is 0 Å². The molecule has 1 fully saturated rings. The molecular formula is C21H24N2O4. The molecular weight excluding hydrogens is 344 g/mol. The summed E-state index contributed by atoms with van der Waals surface area (Å²) in [4.78, 5) is 26.3. The number of carboxylic acids is 1. The summed E-state index contributed by atoms with van der Waals surface area (Å²) in [5, 5.41) is 12.4. The third-order valence-electron chi connectivity index (χ3n) is 4.83. The van der Waals surface area contributed by atoms with Crippen LogP contribution >= 0.6 is 0 Å². The van der Waals surface area contributed by atoms with Gasteiger partial charge in [0.25, 0.3) is 5.91 Å². The number of nitrogens with one attached hydrogen (secondary N) is 1. The van der Waals surface area contributed by atoms with Gasteiger partial charge in [-0.05, 0) is 61.2 Å². The van der Waals surface area contributed by atoms with Crippen LogP contribution in [0.3, 0.4) is 0 Å². The number of rotatable bonds is 5. The molecule has 1 aliphatic heterocycles. The highest BCUT2D eigenvalue weighted by Crippen LogP contribution is 2.29. The Labute approximate surface area is 158 Å². The highest BCUT2D eigenvalue weighted by molar-refractivity contribution is 6.05. The van der Waals surface area contributed by atoms with Crippen molar-refractivity contribution in [1.82, 2.24) is 0 Å². The molecule has 3 rings (SSSR count). The zero-order chi connectivity index (χ0) is 19.4. The maximum absolute atomic E-state index is 12.4. The summed E-state index contributed by atoms with van der Waals surface area (Å²) >= 11 is 0. The highest BCUT2D eigenvalue weighted by atomic mass is 16.5. The quantitative estimate of drug-likeness (QED) is 0.837. The van der Waals surface area contributed by atoms with Crippen molar-refractivity contribution in [3.63, 3.8) is 0 Å². The Bertz CT molecular complexity index is 833. The number of nitrogens with zero attached hydrogens (tertiary/aromatic N) is 1. The lowest BCUT2D eigenvalue weighted by molar-refractivity contribution is 0.0697. The van der Waals surface area contributed by atoms with Crippen LogP contribution in [0, 0.1) is 5.92 Å². The van der Waals surface area contributed by atoms with Gasteiger partial charge >= 0.3 is 5.97 Å². The molecule has 1 unspecified atom stereocenters. The number of benzene rings is 2. The normalized spacial score (nSPS) is 16.7. The fourth-order valence-corrected chi connectivity index (χ4v) is 3.41. The predicted octanol–water partition coefficient (Wildman–Crippen LogP) is 3.88. The van der Waals surface area contributed by atoms with Crippen LogP contribution in [-0.4, -0.2) is 37.2 Å². The fourth-order valence-electron chi connectivity index (χ4n) is 3.41. The molecule has 1 amide bonds. The number of hydrogen-bond acceptors (Lipinski definition) is 4. The van der Waals surface area contributed by atoms with Crippen molar-refractivity contribution in [2.75, 3.05) is 30.4 Å². The summed E-state index contributed by atoms with van der Waals surface area (Å²) in [6.45, 7) is 3.87. The minimum atomic E-state index is -0.997. The summed E-state index contributed by atoms with van der Waals surface area (Å²) in [6.07, 6.45) is 2.21. The molecule has 142 valence electrons. The SMILES string of the molecule is COc1ccc(C(=O)Nc2ccc(N3CCCC(C)C3)c(C(=O)O)c2)cc1. The van der Waals surface area contributed by atoms with Crippen molar-refractivity contribution < 1.29 is 19.4 Å². The maximum Gasteiger partial charge on any atom is 0.337 e. The van der Waals surface area contributed by atoms with Gasteiger partial charge in [0, 0.05) is 24.3 Å². The molecule has 6 nitrogen and oxygen atoms in total. The summed E-state index contributed by atoms with van der Waals surface area (Å²) in [7, 11) is 1.56. The first-order valence-electron chi connectivity index (χ1n) is 9.05. The van der Waals surface area contributed by atoms with Crippen LogP contribution < -0.4 is 15.0 Å². The topological polar surface area (TPSA) is 78.9 Å². The van der Waals surface area contributed by atoms with Crippen LogP contribution in [-0.2, 0) is 0 Å². The molecule has 2 aromatic carbocycles. The van der Waals surface area contributed by atoms with Gasteiger partial charge in [0.05, 0.1) is 18.4 Å². The lowest BCUT2D eigenvalue weighted by Gasteiger charge is -2.33. The zero-order valence-corrected chi connectivity index (χ0v) is 15.6.